The molecule has 1 rings (SSSR count). The topological polar surface area (TPSA) is 84.1 Å². The molecule has 0 spiro atoms. The van der Waals surface area contributed by atoms with Gasteiger partial charge in [0.1, 0.15) is 11.5 Å². The van der Waals surface area contributed by atoms with Crippen LogP contribution < -0.4 is 10.9 Å². The summed E-state index contributed by atoms with van der Waals surface area (Å²) in [5, 5.41) is 2.56. The van der Waals surface area contributed by atoms with Gasteiger partial charge >= 0.3 is 0 Å². The number of nitrogens with zero attached hydrogens (tertiary/aromatic N) is 1. The number of anilines is 1. The lowest BCUT2D eigenvalue weighted by Gasteiger charge is -2.17. The third-order valence-electron chi connectivity index (χ3n) is 2.26. The Morgan fingerprint density at radius 3 is 2.68 bits per heavy atom. The molecule has 0 fully saturated rings. The molecule has 6 heteroatoms. The number of aromatic amines is 1. The summed E-state index contributed by atoms with van der Waals surface area (Å²) in [5.41, 5.74) is -0.657. The van der Waals surface area contributed by atoms with Gasteiger partial charge in [-0.05, 0) is 6.92 Å². The van der Waals surface area contributed by atoms with Crippen LogP contribution in [-0.2, 0) is 9.53 Å². The van der Waals surface area contributed by atoms with Crippen molar-refractivity contribution in [1.82, 2.24) is 9.97 Å². The van der Waals surface area contributed by atoms with Gasteiger partial charge in [0.25, 0.3) is 5.56 Å². The number of rotatable bonds is 4. The highest BCUT2D eigenvalue weighted by Crippen LogP contribution is 2.16. The summed E-state index contributed by atoms with van der Waals surface area (Å²) in [4.78, 5) is 29.9. The van der Waals surface area contributed by atoms with E-state index in [0.717, 1.165) is 0 Å². The minimum absolute atomic E-state index is 0.0864. The highest BCUT2D eigenvalue weighted by molar-refractivity contribution is 5.93. The van der Waals surface area contributed by atoms with Crippen LogP contribution in [0.5, 0.6) is 0 Å². The van der Waals surface area contributed by atoms with Crippen molar-refractivity contribution in [3.05, 3.63) is 28.7 Å². The average Bonchev–Trinajstić information content (AvgIpc) is 2.27. The molecule has 0 bridgehead atoms. The van der Waals surface area contributed by atoms with Crippen molar-refractivity contribution in [3.63, 3.8) is 0 Å². The number of hydrogen-bond donors (Lipinski definition) is 2. The zero-order valence-electron chi connectivity index (χ0n) is 11.7. The van der Waals surface area contributed by atoms with Crippen LogP contribution in [0.3, 0.4) is 0 Å². The molecule has 1 aromatic rings. The van der Waals surface area contributed by atoms with E-state index in [0.29, 0.717) is 18.1 Å². The second kappa shape index (κ2) is 5.69. The van der Waals surface area contributed by atoms with Gasteiger partial charge in [0.15, 0.2) is 0 Å². The number of amides is 1. The molecule has 1 amide bonds. The van der Waals surface area contributed by atoms with Crippen molar-refractivity contribution in [2.24, 2.45) is 5.41 Å². The molecule has 0 aromatic carbocycles. The van der Waals surface area contributed by atoms with Crippen LogP contribution in [0.15, 0.2) is 17.4 Å². The van der Waals surface area contributed by atoms with Crippen molar-refractivity contribution in [2.45, 2.75) is 27.7 Å². The highest BCUT2D eigenvalue weighted by atomic mass is 16.5. The van der Waals surface area contributed by atoms with Crippen LogP contribution in [-0.4, -0.2) is 22.5 Å². The Bertz CT molecular complexity index is 541. The largest absolute Gasteiger partial charge is 0.492 e. The number of ether oxygens (including phenoxy) is 1. The first-order chi connectivity index (χ1) is 8.74. The monoisotopic (exact) mass is 265 g/mol. The van der Waals surface area contributed by atoms with E-state index in [1.165, 1.54) is 6.07 Å². The minimum atomic E-state index is -0.578. The standard InChI is InChI=1S/C13H19N3O3/c1-6-19-8(2)9-7-10(17)15-12(14-9)16-11(18)13(3,4)5/h7H,2,6H2,1,3-5H3,(H2,14,15,16,17,18). The van der Waals surface area contributed by atoms with Gasteiger partial charge in [-0.15, -0.1) is 0 Å². The molecule has 19 heavy (non-hydrogen) atoms. The highest BCUT2D eigenvalue weighted by Gasteiger charge is 2.22. The first-order valence-electron chi connectivity index (χ1n) is 5.99. The Morgan fingerprint density at radius 2 is 2.16 bits per heavy atom. The van der Waals surface area contributed by atoms with Crippen molar-refractivity contribution >= 4 is 17.6 Å². The van der Waals surface area contributed by atoms with Crippen molar-refractivity contribution < 1.29 is 9.53 Å². The lowest BCUT2D eigenvalue weighted by Crippen LogP contribution is -2.29. The summed E-state index contributed by atoms with van der Waals surface area (Å²) >= 11 is 0. The smallest absolute Gasteiger partial charge is 0.252 e. The van der Waals surface area contributed by atoms with E-state index in [1.54, 1.807) is 27.7 Å². The maximum atomic E-state index is 11.8. The third kappa shape index (κ3) is 4.24. The predicted octanol–water partition coefficient (Wildman–Crippen LogP) is 1.76. The molecule has 0 unspecified atom stereocenters. The summed E-state index contributed by atoms with van der Waals surface area (Å²) in [6.07, 6.45) is 0. The van der Waals surface area contributed by atoms with E-state index in [9.17, 15) is 9.59 Å². The van der Waals surface area contributed by atoms with Crippen LogP contribution in [0.1, 0.15) is 33.4 Å². The van der Waals surface area contributed by atoms with Gasteiger partial charge in [-0.25, -0.2) is 4.98 Å². The van der Waals surface area contributed by atoms with Gasteiger partial charge < -0.3 is 4.74 Å². The Labute approximate surface area is 111 Å². The number of carbonyl (C=O) groups is 1. The van der Waals surface area contributed by atoms with E-state index in [1.807, 2.05) is 0 Å². The number of H-pyrrole nitrogens is 1. The fraction of sp³-hybridized carbons (Fsp3) is 0.462. The van der Waals surface area contributed by atoms with Gasteiger partial charge in [0.05, 0.1) is 6.61 Å². The average molecular weight is 265 g/mol. The summed E-state index contributed by atoms with van der Waals surface area (Å²) in [7, 11) is 0. The van der Waals surface area contributed by atoms with Crippen LogP contribution >= 0.6 is 0 Å². The molecule has 0 saturated carbocycles. The van der Waals surface area contributed by atoms with Crippen molar-refractivity contribution in [2.75, 3.05) is 11.9 Å². The molecule has 0 aliphatic heterocycles. The third-order valence-corrected chi connectivity index (χ3v) is 2.26. The summed E-state index contributed by atoms with van der Waals surface area (Å²) in [6, 6.07) is 1.27. The maximum Gasteiger partial charge on any atom is 0.252 e. The van der Waals surface area contributed by atoms with Crippen LogP contribution in [0.4, 0.5) is 5.95 Å². The first kappa shape index (κ1) is 14.9. The number of hydrogen-bond acceptors (Lipinski definition) is 4. The van der Waals surface area contributed by atoms with E-state index < -0.39 is 5.41 Å². The Morgan fingerprint density at radius 1 is 1.53 bits per heavy atom. The van der Waals surface area contributed by atoms with Gasteiger partial charge in [-0.1, -0.05) is 27.4 Å². The molecular weight excluding hydrogens is 246 g/mol. The van der Waals surface area contributed by atoms with Crippen LogP contribution in [0, 0.1) is 5.41 Å². The predicted molar refractivity (Wildman–Crippen MR) is 73.6 cm³/mol. The zero-order chi connectivity index (χ0) is 14.6. The Balaban J connectivity index is 3.01. The van der Waals surface area contributed by atoms with Gasteiger partial charge in [0, 0.05) is 11.5 Å². The zero-order valence-corrected chi connectivity index (χ0v) is 11.7. The molecule has 104 valence electrons. The normalized spacial score (nSPS) is 10.9. The van der Waals surface area contributed by atoms with E-state index >= 15 is 0 Å². The lowest BCUT2D eigenvalue weighted by molar-refractivity contribution is -0.123. The fourth-order valence-electron chi connectivity index (χ4n) is 1.20. The molecule has 2 N–H and O–H groups in total. The molecule has 0 radical (unpaired) electrons. The van der Waals surface area contributed by atoms with E-state index in [2.05, 4.69) is 21.9 Å². The quantitative estimate of drug-likeness (QED) is 0.812. The second-order valence-electron chi connectivity index (χ2n) is 5.04. The lowest BCUT2D eigenvalue weighted by atomic mass is 9.96. The van der Waals surface area contributed by atoms with Crippen LogP contribution in [0.2, 0.25) is 0 Å². The van der Waals surface area contributed by atoms with Gasteiger partial charge in [-0.2, -0.15) is 0 Å². The summed E-state index contributed by atoms with van der Waals surface area (Å²) in [5.74, 6) is 0.137. The van der Waals surface area contributed by atoms with E-state index in [-0.39, 0.29) is 17.4 Å². The number of carbonyl (C=O) groups excluding carboxylic acids is 1. The molecule has 1 aromatic heterocycles. The van der Waals surface area contributed by atoms with Gasteiger partial charge in [-0.3, -0.25) is 19.9 Å². The second-order valence-corrected chi connectivity index (χ2v) is 5.04. The summed E-state index contributed by atoms with van der Waals surface area (Å²) in [6.45, 7) is 11.2. The molecule has 0 aliphatic carbocycles. The summed E-state index contributed by atoms with van der Waals surface area (Å²) < 4.78 is 5.19. The Kier molecular flexibility index (Phi) is 4.47. The molecule has 0 atom stereocenters. The van der Waals surface area contributed by atoms with Crippen molar-refractivity contribution in [1.29, 1.82) is 0 Å². The molecular formula is C13H19N3O3. The first-order valence-corrected chi connectivity index (χ1v) is 5.99. The minimum Gasteiger partial charge on any atom is -0.492 e. The number of aromatic nitrogens is 2. The van der Waals surface area contributed by atoms with Gasteiger partial charge in [0.2, 0.25) is 11.9 Å². The maximum absolute atomic E-state index is 11.8. The molecule has 1 heterocycles. The molecule has 6 nitrogen and oxygen atoms in total. The SMILES string of the molecule is C=C(OCC)c1cc(=O)[nH]c(NC(=O)C(C)(C)C)n1. The molecule has 0 saturated heterocycles. The Hall–Kier alpha value is -2.11. The van der Waals surface area contributed by atoms with Crippen LogP contribution in [0.25, 0.3) is 5.76 Å². The fourth-order valence-corrected chi connectivity index (χ4v) is 1.20. The molecule has 0 aliphatic rings. The van der Waals surface area contributed by atoms with Crippen molar-refractivity contribution in [3.8, 4) is 0 Å². The van der Waals surface area contributed by atoms with E-state index in [4.69, 9.17) is 4.74 Å². The number of nitrogens with one attached hydrogen (secondary N) is 2.